The van der Waals surface area contributed by atoms with Crippen LogP contribution in [-0.2, 0) is 16.1 Å². The molecule has 3 aromatic rings. The summed E-state index contributed by atoms with van der Waals surface area (Å²) in [4.78, 5) is 11.7. The minimum Gasteiger partial charge on any atom is -0.497 e. The lowest BCUT2D eigenvalue weighted by atomic mass is 10.3. The SMILES string of the molecule is COc1ccc(OCC(=O)OCc2nnc(-c3ccco3)o2)cc1. The Bertz CT molecular complexity index is 779. The summed E-state index contributed by atoms with van der Waals surface area (Å²) in [5, 5.41) is 7.57. The van der Waals surface area contributed by atoms with E-state index in [0.717, 1.165) is 0 Å². The second-order valence-corrected chi connectivity index (χ2v) is 4.60. The molecule has 0 saturated heterocycles. The highest BCUT2D eigenvalue weighted by molar-refractivity contribution is 5.71. The van der Waals surface area contributed by atoms with Crippen LogP contribution in [0.15, 0.2) is 51.5 Å². The molecule has 3 rings (SSSR count). The standard InChI is InChI=1S/C16H14N2O6/c1-20-11-4-6-12(7-5-11)22-10-15(19)23-9-14-17-18-16(24-14)13-3-2-8-21-13/h2-8H,9-10H2,1H3. The molecule has 0 atom stereocenters. The Balaban J connectivity index is 1.45. The molecule has 0 N–H and O–H groups in total. The van der Waals surface area contributed by atoms with Crippen molar-refractivity contribution >= 4 is 5.97 Å². The Morgan fingerprint density at radius 3 is 2.62 bits per heavy atom. The molecule has 2 aromatic heterocycles. The lowest BCUT2D eigenvalue weighted by Gasteiger charge is -2.06. The van der Waals surface area contributed by atoms with Gasteiger partial charge in [-0.05, 0) is 36.4 Å². The third kappa shape index (κ3) is 3.92. The summed E-state index contributed by atoms with van der Waals surface area (Å²) in [5.41, 5.74) is 0. The number of ether oxygens (including phenoxy) is 3. The summed E-state index contributed by atoms with van der Waals surface area (Å²) in [7, 11) is 1.57. The van der Waals surface area contributed by atoms with Crippen molar-refractivity contribution in [2.45, 2.75) is 6.61 Å². The lowest BCUT2D eigenvalue weighted by Crippen LogP contribution is -2.14. The minimum atomic E-state index is -0.552. The monoisotopic (exact) mass is 330 g/mol. The third-order valence-corrected chi connectivity index (χ3v) is 2.97. The second kappa shape index (κ2) is 7.32. The number of aromatic nitrogens is 2. The molecule has 0 amide bonds. The Kier molecular flexibility index (Phi) is 4.76. The zero-order valence-electron chi connectivity index (χ0n) is 12.8. The molecule has 0 bridgehead atoms. The van der Waals surface area contributed by atoms with Crippen molar-refractivity contribution in [3.8, 4) is 23.1 Å². The first-order valence-electron chi connectivity index (χ1n) is 7.03. The molecule has 0 unspecified atom stereocenters. The number of esters is 1. The number of methoxy groups -OCH3 is 1. The van der Waals surface area contributed by atoms with Gasteiger partial charge in [-0.2, -0.15) is 0 Å². The van der Waals surface area contributed by atoms with Gasteiger partial charge in [0.15, 0.2) is 19.0 Å². The summed E-state index contributed by atoms with van der Waals surface area (Å²) in [6, 6.07) is 10.2. The molecule has 24 heavy (non-hydrogen) atoms. The van der Waals surface area contributed by atoms with Crippen LogP contribution in [0.25, 0.3) is 11.7 Å². The molecule has 0 fully saturated rings. The topological polar surface area (TPSA) is 96.8 Å². The number of furan rings is 1. The van der Waals surface area contributed by atoms with Crippen molar-refractivity contribution in [2.75, 3.05) is 13.7 Å². The van der Waals surface area contributed by atoms with Crippen LogP contribution in [0.1, 0.15) is 5.89 Å². The number of benzene rings is 1. The molecule has 0 spiro atoms. The highest BCUT2D eigenvalue weighted by Gasteiger charge is 2.13. The van der Waals surface area contributed by atoms with E-state index in [9.17, 15) is 4.79 Å². The molecule has 0 aliphatic carbocycles. The van der Waals surface area contributed by atoms with E-state index in [1.54, 1.807) is 43.5 Å². The first-order valence-corrected chi connectivity index (χ1v) is 7.03. The third-order valence-electron chi connectivity index (χ3n) is 2.97. The van der Waals surface area contributed by atoms with Gasteiger partial charge < -0.3 is 23.0 Å². The molecular formula is C16H14N2O6. The smallest absolute Gasteiger partial charge is 0.344 e. The number of carbonyl (C=O) groups is 1. The van der Waals surface area contributed by atoms with E-state index in [1.165, 1.54) is 6.26 Å². The van der Waals surface area contributed by atoms with E-state index in [2.05, 4.69) is 10.2 Å². The zero-order chi connectivity index (χ0) is 16.8. The number of rotatable bonds is 7. The predicted molar refractivity (Wildman–Crippen MR) is 80.3 cm³/mol. The molecule has 2 heterocycles. The Hall–Kier alpha value is -3.29. The van der Waals surface area contributed by atoms with Gasteiger partial charge >= 0.3 is 5.97 Å². The fourth-order valence-corrected chi connectivity index (χ4v) is 1.81. The Labute approximate surface area is 137 Å². The van der Waals surface area contributed by atoms with Crippen molar-refractivity contribution in [1.82, 2.24) is 10.2 Å². The molecule has 0 aliphatic heterocycles. The van der Waals surface area contributed by atoms with Crippen molar-refractivity contribution in [1.29, 1.82) is 0 Å². The van der Waals surface area contributed by atoms with E-state index >= 15 is 0 Å². The van der Waals surface area contributed by atoms with Gasteiger partial charge in [0.05, 0.1) is 13.4 Å². The highest BCUT2D eigenvalue weighted by Crippen LogP contribution is 2.18. The highest BCUT2D eigenvalue weighted by atomic mass is 16.6. The van der Waals surface area contributed by atoms with Crippen molar-refractivity contribution in [3.05, 3.63) is 48.6 Å². The largest absolute Gasteiger partial charge is 0.497 e. The van der Waals surface area contributed by atoms with Crippen molar-refractivity contribution < 1.29 is 27.8 Å². The van der Waals surface area contributed by atoms with E-state index in [1.807, 2.05) is 0 Å². The lowest BCUT2D eigenvalue weighted by molar-refractivity contribution is -0.148. The summed E-state index contributed by atoms with van der Waals surface area (Å²) in [6.45, 7) is -0.371. The Morgan fingerprint density at radius 2 is 1.92 bits per heavy atom. The minimum absolute atomic E-state index is 0.140. The summed E-state index contributed by atoms with van der Waals surface area (Å²) >= 11 is 0. The fraction of sp³-hybridized carbons (Fsp3) is 0.188. The van der Waals surface area contributed by atoms with Crippen LogP contribution >= 0.6 is 0 Å². The van der Waals surface area contributed by atoms with Gasteiger partial charge in [-0.15, -0.1) is 10.2 Å². The second-order valence-electron chi connectivity index (χ2n) is 4.60. The van der Waals surface area contributed by atoms with E-state index in [0.29, 0.717) is 17.3 Å². The predicted octanol–water partition coefficient (Wildman–Crippen LogP) is 2.46. The van der Waals surface area contributed by atoms with Crippen LogP contribution in [-0.4, -0.2) is 29.9 Å². The average molecular weight is 330 g/mol. The van der Waals surface area contributed by atoms with Crippen molar-refractivity contribution in [2.24, 2.45) is 0 Å². The molecule has 8 heteroatoms. The van der Waals surface area contributed by atoms with Crippen LogP contribution < -0.4 is 9.47 Å². The summed E-state index contributed by atoms with van der Waals surface area (Å²) in [6.07, 6.45) is 1.50. The van der Waals surface area contributed by atoms with Gasteiger partial charge in [0.1, 0.15) is 11.5 Å². The molecule has 0 saturated carbocycles. The number of hydrogen-bond acceptors (Lipinski definition) is 8. The quantitative estimate of drug-likeness (QED) is 0.609. The number of nitrogens with zero attached hydrogens (tertiary/aromatic N) is 2. The van der Waals surface area contributed by atoms with Crippen LogP contribution in [0.4, 0.5) is 0 Å². The van der Waals surface area contributed by atoms with Gasteiger partial charge in [-0.3, -0.25) is 0 Å². The first-order chi connectivity index (χ1) is 11.7. The van der Waals surface area contributed by atoms with Crippen LogP contribution in [0, 0.1) is 0 Å². The summed E-state index contributed by atoms with van der Waals surface area (Å²) in [5.74, 6) is 1.52. The normalized spacial score (nSPS) is 10.4. The van der Waals surface area contributed by atoms with Gasteiger partial charge in [-0.1, -0.05) is 0 Å². The molecule has 8 nitrogen and oxygen atoms in total. The average Bonchev–Trinajstić information content (AvgIpc) is 3.29. The number of carbonyl (C=O) groups excluding carboxylic acids is 1. The Morgan fingerprint density at radius 1 is 1.12 bits per heavy atom. The van der Waals surface area contributed by atoms with Crippen molar-refractivity contribution in [3.63, 3.8) is 0 Å². The molecular weight excluding hydrogens is 316 g/mol. The fourth-order valence-electron chi connectivity index (χ4n) is 1.81. The molecule has 0 radical (unpaired) electrons. The molecule has 0 aliphatic rings. The van der Waals surface area contributed by atoms with E-state index in [4.69, 9.17) is 23.0 Å². The molecule has 124 valence electrons. The van der Waals surface area contributed by atoms with Gasteiger partial charge in [0, 0.05) is 0 Å². The maximum atomic E-state index is 11.7. The van der Waals surface area contributed by atoms with Gasteiger partial charge in [-0.25, -0.2) is 4.79 Å². The van der Waals surface area contributed by atoms with Gasteiger partial charge in [0.2, 0.25) is 0 Å². The maximum absolute atomic E-state index is 11.7. The summed E-state index contributed by atoms with van der Waals surface area (Å²) < 4.78 is 25.8. The van der Waals surface area contributed by atoms with Gasteiger partial charge in [0.25, 0.3) is 11.8 Å². The maximum Gasteiger partial charge on any atom is 0.344 e. The van der Waals surface area contributed by atoms with Crippen LogP contribution in [0.3, 0.4) is 0 Å². The molecule has 1 aromatic carbocycles. The van der Waals surface area contributed by atoms with E-state index < -0.39 is 5.97 Å². The van der Waals surface area contributed by atoms with Crippen LogP contribution in [0.2, 0.25) is 0 Å². The first kappa shape index (κ1) is 15.6. The number of hydrogen-bond donors (Lipinski definition) is 0. The zero-order valence-corrected chi connectivity index (χ0v) is 12.8. The van der Waals surface area contributed by atoms with E-state index in [-0.39, 0.29) is 25.0 Å². The van der Waals surface area contributed by atoms with Crippen LogP contribution in [0.5, 0.6) is 11.5 Å².